The lowest BCUT2D eigenvalue weighted by Crippen LogP contribution is -2.27. The number of amides is 1. The fourth-order valence-corrected chi connectivity index (χ4v) is 2.85. The van der Waals surface area contributed by atoms with Gasteiger partial charge in [-0.2, -0.15) is 5.10 Å². The van der Waals surface area contributed by atoms with Crippen LogP contribution >= 0.6 is 0 Å². The number of nitrogens with one attached hydrogen (secondary N) is 1. The first-order chi connectivity index (χ1) is 13.7. The molecule has 140 valence electrons. The minimum Gasteiger partial charge on any atom is -0.463 e. The van der Waals surface area contributed by atoms with Crippen LogP contribution in [-0.4, -0.2) is 20.7 Å². The standard InChI is InChI=1S/C21H17FN4O2/c22-18-7-5-15(6-8-18)17-12-25-26(13-17)14-20(27)24-11-16-3-1-9-23-21(16)19-4-2-10-28-19/h1-10,12-13H,11,14H2,(H,24,27). The molecule has 0 radical (unpaired) electrons. The molecule has 0 atom stereocenters. The van der Waals surface area contributed by atoms with Gasteiger partial charge in [-0.1, -0.05) is 18.2 Å². The van der Waals surface area contributed by atoms with Gasteiger partial charge in [-0.3, -0.25) is 14.5 Å². The number of nitrogens with zero attached hydrogens (tertiary/aromatic N) is 3. The molecule has 0 spiro atoms. The van der Waals surface area contributed by atoms with Crippen molar-refractivity contribution in [3.05, 3.63) is 84.8 Å². The van der Waals surface area contributed by atoms with Gasteiger partial charge in [-0.25, -0.2) is 4.39 Å². The van der Waals surface area contributed by atoms with Gasteiger partial charge in [0.1, 0.15) is 18.1 Å². The zero-order valence-corrected chi connectivity index (χ0v) is 14.9. The van der Waals surface area contributed by atoms with E-state index in [0.29, 0.717) is 18.0 Å². The van der Waals surface area contributed by atoms with E-state index in [-0.39, 0.29) is 18.3 Å². The second kappa shape index (κ2) is 7.87. The Morgan fingerprint density at radius 1 is 1.11 bits per heavy atom. The lowest BCUT2D eigenvalue weighted by molar-refractivity contribution is -0.122. The maximum Gasteiger partial charge on any atom is 0.241 e. The van der Waals surface area contributed by atoms with E-state index in [1.807, 2.05) is 18.2 Å². The highest BCUT2D eigenvalue weighted by Gasteiger charge is 2.11. The number of benzene rings is 1. The van der Waals surface area contributed by atoms with E-state index < -0.39 is 0 Å². The number of pyridine rings is 1. The number of halogens is 1. The SMILES string of the molecule is O=C(Cn1cc(-c2ccc(F)cc2)cn1)NCc1cccnc1-c1ccco1. The molecule has 0 aliphatic carbocycles. The molecule has 1 aromatic carbocycles. The first-order valence-electron chi connectivity index (χ1n) is 8.72. The highest BCUT2D eigenvalue weighted by atomic mass is 19.1. The Balaban J connectivity index is 1.39. The molecule has 6 nitrogen and oxygen atoms in total. The van der Waals surface area contributed by atoms with Crippen molar-refractivity contribution in [1.29, 1.82) is 0 Å². The van der Waals surface area contributed by atoms with Crippen LogP contribution in [0, 0.1) is 5.82 Å². The summed E-state index contributed by atoms with van der Waals surface area (Å²) in [5.41, 5.74) is 3.22. The highest BCUT2D eigenvalue weighted by Crippen LogP contribution is 2.21. The first-order valence-corrected chi connectivity index (χ1v) is 8.72. The molecule has 28 heavy (non-hydrogen) atoms. The molecule has 0 saturated heterocycles. The van der Waals surface area contributed by atoms with Crippen molar-refractivity contribution >= 4 is 5.91 Å². The van der Waals surface area contributed by atoms with Crippen molar-refractivity contribution in [1.82, 2.24) is 20.1 Å². The van der Waals surface area contributed by atoms with E-state index in [1.165, 1.54) is 12.1 Å². The predicted octanol–water partition coefficient (Wildman–Crippen LogP) is 3.66. The maximum absolute atomic E-state index is 13.0. The minimum atomic E-state index is -0.292. The Labute approximate surface area is 160 Å². The smallest absolute Gasteiger partial charge is 0.241 e. The summed E-state index contributed by atoms with van der Waals surface area (Å²) >= 11 is 0. The van der Waals surface area contributed by atoms with Gasteiger partial charge in [-0.05, 0) is 35.9 Å². The minimum absolute atomic E-state index is 0.0809. The third-order valence-corrected chi connectivity index (χ3v) is 4.24. The second-order valence-corrected chi connectivity index (χ2v) is 6.20. The molecule has 3 aromatic heterocycles. The fourth-order valence-electron chi connectivity index (χ4n) is 2.85. The van der Waals surface area contributed by atoms with Gasteiger partial charge >= 0.3 is 0 Å². The number of hydrogen-bond acceptors (Lipinski definition) is 4. The van der Waals surface area contributed by atoms with Crippen LogP contribution in [0.15, 0.2) is 77.8 Å². The summed E-state index contributed by atoms with van der Waals surface area (Å²) in [7, 11) is 0. The molecular weight excluding hydrogens is 359 g/mol. The number of hydrogen-bond donors (Lipinski definition) is 1. The summed E-state index contributed by atoms with van der Waals surface area (Å²) in [4.78, 5) is 16.6. The molecule has 4 aromatic rings. The van der Waals surface area contributed by atoms with Crippen LogP contribution in [0.4, 0.5) is 4.39 Å². The number of furan rings is 1. The van der Waals surface area contributed by atoms with Crippen molar-refractivity contribution in [3.63, 3.8) is 0 Å². The van der Waals surface area contributed by atoms with Crippen LogP contribution in [0.25, 0.3) is 22.6 Å². The lowest BCUT2D eigenvalue weighted by Gasteiger charge is -2.08. The van der Waals surface area contributed by atoms with Gasteiger partial charge < -0.3 is 9.73 Å². The average molecular weight is 376 g/mol. The van der Waals surface area contributed by atoms with Gasteiger partial charge in [0.2, 0.25) is 5.91 Å². The molecule has 3 heterocycles. The van der Waals surface area contributed by atoms with E-state index in [4.69, 9.17) is 4.42 Å². The quantitative estimate of drug-likeness (QED) is 0.557. The summed E-state index contributed by atoms with van der Waals surface area (Å²) in [6.45, 7) is 0.409. The normalized spacial score (nSPS) is 10.8. The third-order valence-electron chi connectivity index (χ3n) is 4.24. The van der Waals surface area contributed by atoms with Crippen LogP contribution < -0.4 is 5.32 Å². The number of rotatable bonds is 6. The van der Waals surface area contributed by atoms with Gasteiger partial charge in [0, 0.05) is 30.1 Å². The monoisotopic (exact) mass is 376 g/mol. The summed E-state index contributed by atoms with van der Waals surface area (Å²) in [6.07, 6.45) is 6.68. The van der Waals surface area contributed by atoms with Crippen LogP contribution in [0.1, 0.15) is 5.56 Å². The van der Waals surface area contributed by atoms with Gasteiger partial charge in [0.15, 0.2) is 5.76 Å². The van der Waals surface area contributed by atoms with E-state index >= 15 is 0 Å². The van der Waals surface area contributed by atoms with Crippen molar-refractivity contribution < 1.29 is 13.6 Å². The van der Waals surface area contributed by atoms with Gasteiger partial charge in [0.25, 0.3) is 0 Å². The van der Waals surface area contributed by atoms with Crippen LogP contribution in [0.3, 0.4) is 0 Å². The molecule has 0 fully saturated rings. The number of carbonyl (C=O) groups is 1. The molecule has 0 bridgehead atoms. The molecule has 0 aliphatic heterocycles. The predicted molar refractivity (Wildman–Crippen MR) is 101 cm³/mol. The number of aromatic nitrogens is 3. The van der Waals surface area contributed by atoms with Crippen molar-refractivity contribution in [3.8, 4) is 22.6 Å². The Hall–Kier alpha value is -3.74. The van der Waals surface area contributed by atoms with E-state index in [9.17, 15) is 9.18 Å². The maximum atomic E-state index is 13.0. The molecule has 0 saturated carbocycles. The molecule has 1 amide bonds. The Kier molecular flexibility index (Phi) is 4.97. The highest BCUT2D eigenvalue weighted by molar-refractivity contribution is 5.76. The van der Waals surface area contributed by atoms with Crippen LogP contribution in [-0.2, 0) is 17.9 Å². The molecule has 0 unspecified atom stereocenters. The lowest BCUT2D eigenvalue weighted by atomic mass is 10.1. The van der Waals surface area contributed by atoms with Crippen molar-refractivity contribution in [2.75, 3.05) is 0 Å². The molecular formula is C21H17FN4O2. The molecule has 7 heteroatoms. The largest absolute Gasteiger partial charge is 0.463 e. The fraction of sp³-hybridized carbons (Fsp3) is 0.0952. The Morgan fingerprint density at radius 3 is 2.75 bits per heavy atom. The zero-order valence-electron chi connectivity index (χ0n) is 14.9. The molecule has 4 rings (SSSR count). The van der Waals surface area contributed by atoms with Gasteiger partial charge in [-0.15, -0.1) is 0 Å². The van der Waals surface area contributed by atoms with E-state index in [1.54, 1.807) is 47.7 Å². The molecule has 0 aliphatic rings. The summed E-state index contributed by atoms with van der Waals surface area (Å²) < 4.78 is 20.0. The third kappa shape index (κ3) is 3.98. The topological polar surface area (TPSA) is 73.0 Å². The summed E-state index contributed by atoms with van der Waals surface area (Å²) in [5, 5.41) is 7.08. The van der Waals surface area contributed by atoms with E-state index in [0.717, 1.165) is 16.7 Å². The van der Waals surface area contributed by atoms with Gasteiger partial charge in [0.05, 0.1) is 12.5 Å². The summed E-state index contributed by atoms with van der Waals surface area (Å²) in [5.74, 6) is 0.184. The Bertz CT molecular complexity index is 1070. The van der Waals surface area contributed by atoms with Crippen molar-refractivity contribution in [2.45, 2.75) is 13.1 Å². The van der Waals surface area contributed by atoms with Crippen LogP contribution in [0.2, 0.25) is 0 Å². The average Bonchev–Trinajstić information content (AvgIpc) is 3.39. The Morgan fingerprint density at radius 2 is 1.96 bits per heavy atom. The zero-order chi connectivity index (χ0) is 19.3. The summed E-state index contributed by atoms with van der Waals surface area (Å²) in [6, 6.07) is 13.5. The van der Waals surface area contributed by atoms with E-state index in [2.05, 4.69) is 15.4 Å². The number of carbonyl (C=O) groups excluding carboxylic acids is 1. The first kappa shape index (κ1) is 17.7. The van der Waals surface area contributed by atoms with Crippen LogP contribution in [0.5, 0.6) is 0 Å². The molecule has 1 N–H and O–H groups in total. The second-order valence-electron chi connectivity index (χ2n) is 6.20. The van der Waals surface area contributed by atoms with Crippen molar-refractivity contribution in [2.24, 2.45) is 0 Å².